The lowest BCUT2D eigenvalue weighted by Gasteiger charge is -2.30. The van der Waals surface area contributed by atoms with Gasteiger partial charge in [-0.05, 0) is 45.4 Å². The molecule has 9 nitrogen and oxygen atoms in total. The fourth-order valence-corrected chi connectivity index (χ4v) is 3.51. The van der Waals surface area contributed by atoms with Gasteiger partial charge in [-0.15, -0.1) is 0 Å². The molecule has 0 amide bonds. The first-order valence-corrected chi connectivity index (χ1v) is 10.2. The molecule has 2 rings (SSSR count). The predicted molar refractivity (Wildman–Crippen MR) is 122 cm³/mol. The van der Waals surface area contributed by atoms with Crippen molar-refractivity contribution >= 4 is 29.8 Å². The zero-order valence-electron chi connectivity index (χ0n) is 19.5. The summed E-state index contributed by atoms with van der Waals surface area (Å²) in [7, 11) is 2.47. The van der Waals surface area contributed by atoms with Crippen molar-refractivity contribution in [3.05, 3.63) is 63.7 Å². The Balaban J connectivity index is 2.62. The van der Waals surface area contributed by atoms with E-state index in [1.807, 2.05) is 0 Å². The second-order valence-electron chi connectivity index (χ2n) is 7.19. The van der Waals surface area contributed by atoms with Crippen LogP contribution in [0.3, 0.4) is 0 Å². The van der Waals surface area contributed by atoms with Crippen molar-refractivity contribution in [1.82, 2.24) is 5.32 Å². The highest BCUT2D eigenvalue weighted by molar-refractivity contribution is 6.10. The van der Waals surface area contributed by atoms with Crippen LogP contribution < -0.4 is 5.32 Å². The number of nitrogens with one attached hydrogen (secondary N) is 1. The summed E-state index contributed by atoms with van der Waals surface area (Å²) in [4.78, 5) is 41.6. The average Bonchev–Trinajstić information content (AvgIpc) is 2.78. The molecule has 0 saturated carbocycles. The third-order valence-electron chi connectivity index (χ3n) is 5.00. The van der Waals surface area contributed by atoms with Gasteiger partial charge in [-0.3, -0.25) is 4.99 Å². The van der Waals surface area contributed by atoms with Crippen LogP contribution in [0.15, 0.2) is 63.1 Å². The second kappa shape index (κ2) is 11.1. The molecule has 0 aliphatic carbocycles. The number of benzene rings is 1. The number of nitrogens with zero attached hydrogens (tertiary/aromatic N) is 1. The molecule has 0 radical (unpaired) electrons. The van der Waals surface area contributed by atoms with Crippen molar-refractivity contribution in [2.24, 2.45) is 4.99 Å². The SMILES string of the molecule is CCOC(=O)C1=C(C)NC(C)=C(C(=O)OC)C1c1cccc(N=C/C(C(=O)OC)=C(/C)O)c1. The van der Waals surface area contributed by atoms with Crippen molar-refractivity contribution in [1.29, 1.82) is 0 Å². The quantitative estimate of drug-likeness (QED) is 0.210. The number of ether oxygens (including phenoxy) is 3. The van der Waals surface area contributed by atoms with Gasteiger partial charge in [0, 0.05) is 17.6 Å². The van der Waals surface area contributed by atoms with Crippen molar-refractivity contribution in [3.8, 4) is 0 Å². The normalized spacial score (nSPS) is 16.8. The van der Waals surface area contributed by atoms with Crippen LogP contribution >= 0.6 is 0 Å². The summed E-state index contributed by atoms with van der Waals surface area (Å²) in [6.45, 7) is 6.68. The lowest BCUT2D eigenvalue weighted by molar-refractivity contribution is -0.139. The molecule has 1 aromatic rings. The number of aliphatic imine (C=N–C) groups is 1. The van der Waals surface area contributed by atoms with Crippen LogP contribution in [0.4, 0.5) is 5.69 Å². The molecular formula is C24H28N2O7. The van der Waals surface area contributed by atoms with Crippen LogP contribution in [0, 0.1) is 0 Å². The third-order valence-corrected chi connectivity index (χ3v) is 5.00. The number of esters is 3. The molecule has 176 valence electrons. The lowest BCUT2D eigenvalue weighted by atomic mass is 9.80. The number of carbonyl (C=O) groups is 3. The molecule has 0 bridgehead atoms. The number of rotatable bonds is 7. The molecule has 0 spiro atoms. The number of methoxy groups -OCH3 is 2. The fraction of sp³-hybridized carbons (Fsp3) is 0.333. The van der Waals surface area contributed by atoms with Crippen molar-refractivity contribution in [2.45, 2.75) is 33.6 Å². The number of dihydropyridines is 1. The molecule has 0 saturated heterocycles. The van der Waals surface area contributed by atoms with Crippen LogP contribution in [0.1, 0.15) is 39.2 Å². The average molecular weight is 456 g/mol. The summed E-state index contributed by atoms with van der Waals surface area (Å²) in [6.07, 6.45) is 1.19. The van der Waals surface area contributed by atoms with Crippen LogP contribution in [0.2, 0.25) is 0 Å². The zero-order valence-corrected chi connectivity index (χ0v) is 19.5. The molecule has 9 heteroatoms. The van der Waals surface area contributed by atoms with E-state index in [0.29, 0.717) is 22.6 Å². The molecule has 0 aromatic heterocycles. The van der Waals surface area contributed by atoms with E-state index in [-0.39, 0.29) is 29.1 Å². The molecule has 1 heterocycles. The van der Waals surface area contributed by atoms with Gasteiger partial charge in [-0.1, -0.05) is 12.1 Å². The van der Waals surface area contributed by atoms with Gasteiger partial charge in [-0.25, -0.2) is 14.4 Å². The number of hydrogen-bond donors (Lipinski definition) is 2. The Bertz CT molecular complexity index is 1080. The Morgan fingerprint density at radius 2 is 1.73 bits per heavy atom. The van der Waals surface area contributed by atoms with Crippen molar-refractivity contribution < 1.29 is 33.7 Å². The topological polar surface area (TPSA) is 124 Å². The van der Waals surface area contributed by atoms with Gasteiger partial charge in [0.05, 0.1) is 43.6 Å². The Morgan fingerprint density at radius 3 is 2.27 bits per heavy atom. The van der Waals surface area contributed by atoms with Crippen LogP contribution in [0.5, 0.6) is 0 Å². The Hall–Kier alpha value is -3.88. The van der Waals surface area contributed by atoms with Crippen molar-refractivity contribution in [3.63, 3.8) is 0 Å². The summed E-state index contributed by atoms with van der Waals surface area (Å²) in [5.41, 5.74) is 2.59. The molecular weight excluding hydrogens is 428 g/mol. The maximum atomic E-state index is 12.8. The van der Waals surface area contributed by atoms with Gasteiger partial charge >= 0.3 is 17.9 Å². The number of carbonyl (C=O) groups excluding carboxylic acids is 3. The molecule has 1 atom stereocenters. The minimum Gasteiger partial charge on any atom is -0.512 e. The number of aliphatic hydroxyl groups excluding tert-OH is 1. The minimum absolute atomic E-state index is 0.0984. The van der Waals surface area contributed by atoms with Gasteiger partial charge in [0.15, 0.2) is 0 Å². The monoisotopic (exact) mass is 456 g/mol. The molecule has 1 aliphatic heterocycles. The summed E-state index contributed by atoms with van der Waals surface area (Å²) in [6, 6.07) is 6.82. The van der Waals surface area contributed by atoms with E-state index in [4.69, 9.17) is 9.47 Å². The number of allylic oxidation sites excluding steroid dienone is 3. The van der Waals surface area contributed by atoms with Crippen LogP contribution in [-0.2, 0) is 28.6 Å². The maximum Gasteiger partial charge on any atom is 0.342 e. The third kappa shape index (κ3) is 5.68. The highest BCUT2D eigenvalue weighted by atomic mass is 16.5. The van der Waals surface area contributed by atoms with E-state index in [1.54, 1.807) is 45.0 Å². The maximum absolute atomic E-state index is 12.8. The van der Waals surface area contributed by atoms with Gasteiger partial charge < -0.3 is 24.6 Å². The largest absolute Gasteiger partial charge is 0.512 e. The molecule has 1 aliphatic rings. The van der Waals surface area contributed by atoms with Gasteiger partial charge in [0.25, 0.3) is 0 Å². The molecule has 33 heavy (non-hydrogen) atoms. The minimum atomic E-state index is -0.761. The van der Waals surface area contributed by atoms with Crippen molar-refractivity contribution in [2.75, 3.05) is 20.8 Å². The van der Waals surface area contributed by atoms with E-state index in [2.05, 4.69) is 15.0 Å². The number of hydrogen-bond acceptors (Lipinski definition) is 9. The first kappa shape index (κ1) is 25.4. The van der Waals surface area contributed by atoms with E-state index in [9.17, 15) is 19.5 Å². The summed E-state index contributed by atoms with van der Waals surface area (Å²) in [5, 5.41) is 12.8. The number of aliphatic hydroxyl groups is 1. The zero-order chi connectivity index (χ0) is 24.7. The first-order valence-electron chi connectivity index (χ1n) is 10.2. The first-order chi connectivity index (χ1) is 15.7. The second-order valence-corrected chi connectivity index (χ2v) is 7.19. The van der Waals surface area contributed by atoms with Crippen LogP contribution in [0.25, 0.3) is 0 Å². The van der Waals surface area contributed by atoms with E-state index < -0.39 is 23.8 Å². The fourth-order valence-electron chi connectivity index (χ4n) is 3.51. The molecule has 2 N–H and O–H groups in total. The Kier molecular flexibility index (Phi) is 8.56. The van der Waals surface area contributed by atoms with Crippen LogP contribution in [-0.4, -0.2) is 50.1 Å². The van der Waals surface area contributed by atoms with E-state index in [0.717, 1.165) is 0 Å². The Morgan fingerprint density at radius 1 is 1.09 bits per heavy atom. The van der Waals surface area contributed by atoms with Gasteiger partial charge in [0.1, 0.15) is 11.3 Å². The highest BCUT2D eigenvalue weighted by Gasteiger charge is 2.37. The summed E-state index contributed by atoms with van der Waals surface area (Å²) < 4.78 is 14.9. The predicted octanol–water partition coefficient (Wildman–Crippen LogP) is 3.36. The standard InChI is InChI=1S/C24H28N2O7/c1-7-33-24(30)20-14(3)26-13(2)19(23(29)32-6)21(20)16-9-8-10-17(11-16)25-12-18(15(4)27)22(28)31-5/h8-12,21,26-27H,7H2,1-6H3/b18-15+,25-12?. The van der Waals surface area contributed by atoms with E-state index >= 15 is 0 Å². The Labute approximate surface area is 192 Å². The molecule has 1 aromatic carbocycles. The molecule has 1 unspecified atom stereocenters. The van der Waals surface area contributed by atoms with Gasteiger partial charge in [0.2, 0.25) is 0 Å². The van der Waals surface area contributed by atoms with Gasteiger partial charge in [-0.2, -0.15) is 0 Å². The molecule has 0 fully saturated rings. The smallest absolute Gasteiger partial charge is 0.342 e. The lowest BCUT2D eigenvalue weighted by Crippen LogP contribution is -2.32. The summed E-state index contributed by atoms with van der Waals surface area (Å²) >= 11 is 0. The summed E-state index contributed by atoms with van der Waals surface area (Å²) in [5.74, 6) is -2.87. The highest BCUT2D eigenvalue weighted by Crippen LogP contribution is 2.40. The van der Waals surface area contributed by atoms with E-state index in [1.165, 1.54) is 27.4 Å².